The van der Waals surface area contributed by atoms with Gasteiger partial charge in [0.2, 0.25) is 0 Å². The quantitative estimate of drug-likeness (QED) is 0.179. The summed E-state index contributed by atoms with van der Waals surface area (Å²) in [6.45, 7) is 8.77. The Kier molecular flexibility index (Phi) is 8.70. The van der Waals surface area contributed by atoms with Crippen molar-refractivity contribution < 1.29 is 19.1 Å². The standard InChI is InChI=1S/C42H40N4O4/c1-25-23-46(42(48)38-28(4)40(30-17-21-32(50-6)22-18-30)44-36-14-10-8-12-34(36)38)26(2)24-45(25)41(47)37-27(3)39(29-15-19-31(49-5)20-16-29)43-35-13-9-7-11-33(35)37/h7-22,25-26H,23-24H2,1-6H3. The molecule has 3 heterocycles. The van der Waals surface area contributed by atoms with Gasteiger partial charge in [-0.1, -0.05) is 36.4 Å². The number of carbonyl (C=O) groups excluding carboxylic acids is 2. The monoisotopic (exact) mass is 664 g/mol. The summed E-state index contributed by atoms with van der Waals surface area (Å²) in [6.07, 6.45) is 0. The van der Waals surface area contributed by atoms with Crippen molar-refractivity contribution >= 4 is 33.6 Å². The molecule has 7 rings (SSSR count). The molecule has 1 fully saturated rings. The number of benzene rings is 4. The van der Waals surface area contributed by atoms with E-state index in [0.29, 0.717) is 24.2 Å². The number of hydrogen-bond acceptors (Lipinski definition) is 6. The third-order valence-corrected chi connectivity index (χ3v) is 9.93. The van der Waals surface area contributed by atoms with E-state index < -0.39 is 0 Å². The number of pyridine rings is 2. The van der Waals surface area contributed by atoms with Crippen LogP contribution in [-0.4, -0.2) is 71.0 Å². The molecule has 0 bridgehead atoms. The molecule has 6 aromatic rings. The van der Waals surface area contributed by atoms with Gasteiger partial charge in [0, 0.05) is 47.1 Å². The minimum absolute atomic E-state index is 0.0605. The van der Waals surface area contributed by atoms with Gasteiger partial charge in [0.15, 0.2) is 0 Å². The second kappa shape index (κ2) is 13.3. The van der Waals surface area contributed by atoms with E-state index in [1.54, 1.807) is 14.2 Å². The lowest BCUT2D eigenvalue weighted by molar-refractivity contribution is 0.0271. The minimum atomic E-state index is -0.229. The molecule has 2 amide bonds. The SMILES string of the molecule is COc1ccc(-c2nc3ccccc3c(C(=O)N3CC(C)N(C(=O)c4c(C)c(-c5ccc(OC)cc5)nc5ccccc45)CC3C)c2C)cc1. The zero-order valence-electron chi connectivity index (χ0n) is 29.2. The summed E-state index contributed by atoms with van der Waals surface area (Å²) in [5, 5.41) is 1.63. The maximum atomic E-state index is 14.7. The van der Waals surface area contributed by atoms with Gasteiger partial charge in [-0.15, -0.1) is 0 Å². The normalized spacial score (nSPS) is 16.1. The number of fused-ring (bicyclic) bond motifs is 2. The van der Waals surface area contributed by atoms with Crippen LogP contribution < -0.4 is 9.47 Å². The van der Waals surface area contributed by atoms with Gasteiger partial charge in [0.25, 0.3) is 11.8 Å². The number of piperazine rings is 1. The van der Waals surface area contributed by atoms with Crippen LogP contribution in [0, 0.1) is 13.8 Å². The molecule has 0 aliphatic carbocycles. The van der Waals surface area contributed by atoms with Crippen molar-refractivity contribution in [3.05, 3.63) is 119 Å². The van der Waals surface area contributed by atoms with Gasteiger partial charge in [-0.2, -0.15) is 0 Å². The molecule has 0 spiro atoms. The third-order valence-electron chi connectivity index (χ3n) is 9.93. The molecule has 2 atom stereocenters. The van der Waals surface area contributed by atoms with Gasteiger partial charge in [0.05, 0.1) is 47.8 Å². The first-order valence-corrected chi connectivity index (χ1v) is 16.9. The second-order valence-corrected chi connectivity index (χ2v) is 13.0. The highest BCUT2D eigenvalue weighted by Crippen LogP contribution is 2.35. The van der Waals surface area contributed by atoms with Gasteiger partial charge in [-0.05, 0) is 99.5 Å². The van der Waals surface area contributed by atoms with Gasteiger partial charge >= 0.3 is 0 Å². The Morgan fingerprint density at radius 3 is 1.30 bits per heavy atom. The zero-order valence-corrected chi connectivity index (χ0v) is 29.2. The second-order valence-electron chi connectivity index (χ2n) is 13.0. The van der Waals surface area contributed by atoms with Crippen LogP contribution in [0.2, 0.25) is 0 Å². The lowest BCUT2D eigenvalue weighted by atomic mass is 9.94. The Bertz CT molecular complexity index is 2090. The number of amides is 2. The molecule has 1 aliphatic heterocycles. The fourth-order valence-electron chi connectivity index (χ4n) is 7.21. The molecule has 0 saturated carbocycles. The summed E-state index contributed by atoms with van der Waals surface area (Å²) >= 11 is 0. The lowest BCUT2D eigenvalue weighted by Gasteiger charge is -2.44. The number of ether oxygens (including phenoxy) is 2. The summed E-state index contributed by atoms with van der Waals surface area (Å²) in [7, 11) is 3.28. The molecule has 1 saturated heterocycles. The molecule has 4 aromatic carbocycles. The third kappa shape index (κ3) is 5.70. The van der Waals surface area contributed by atoms with Crippen molar-refractivity contribution in [3.63, 3.8) is 0 Å². The average Bonchev–Trinajstić information content (AvgIpc) is 3.14. The molecule has 8 heteroatoms. The first-order valence-electron chi connectivity index (χ1n) is 16.9. The van der Waals surface area contributed by atoms with Crippen molar-refractivity contribution in [1.82, 2.24) is 19.8 Å². The minimum Gasteiger partial charge on any atom is -0.497 e. The molecular weight excluding hydrogens is 624 g/mol. The van der Waals surface area contributed by atoms with Crippen LogP contribution in [0.5, 0.6) is 11.5 Å². The molecule has 2 aromatic heterocycles. The first-order chi connectivity index (χ1) is 24.2. The highest BCUT2D eigenvalue weighted by atomic mass is 16.5. The Hall–Kier alpha value is -5.76. The average molecular weight is 665 g/mol. The van der Waals surface area contributed by atoms with Gasteiger partial charge in [0.1, 0.15) is 11.5 Å². The van der Waals surface area contributed by atoms with E-state index in [2.05, 4.69) is 0 Å². The molecule has 252 valence electrons. The number of aromatic nitrogens is 2. The van der Waals surface area contributed by atoms with Crippen LogP contribution in [0.1, 0.15) is 45.7 Å². The molecule has 0 radical (unpaired) electrons. The molecule has 1 aliphatic rings. The van der Waals surface area contributed by atoms with E-state index in [9.17, 15) is 9.59 Å². The molecular formula is C42H40N4O4. The number of rotatable bonds is 6. The molecule has 2 unspecified atom stereocenters. The lowest BCUT2D eigenvalue weighted by Crippen LogP contribution is -2.59. The Morgan fingerprint density at radius 2 is 0.940 bits per heavy atom. The highest BCUT2D eigenvalue weighted by molar-refractivity contribution is 6.10. The van der Waals surface area contributed by atoms with Gasteiger partial charge in [-0.3, -0.25) is 9.59 Å². The molecule has 50 heavy (non-hydrogen) atoms. The zero-order chi connectivity index (χ0) is 35.1. The Labute approximate surface area is 292 Å². The predicted molar refractivity (Wildman–Crippen MR) is 198 cm³/mol. The van der Waals surface area contributed by atoms with Crippen LogP contribution >= 0.6 is 0 Å². The van der Waals surface area contributed by atoms with E-state index in [-0.39, 0.29) is 23.9 Å². The number of nitrogens with zero attached hydrogens (tertiary/aromatic N) is 4. The Morgan fingerprint density at radius 1 is 0.580 bits per heavy atom. The first kappa shape index (κ1) is 32.8. The summed E-state index contributed by atoms with van der Waals surface area (Å²) in [6, 6.07) is 30.6. The number of hydrogen-bond donors (Lipinski definition) is 0. The van der Waals surface area contributed by atoms with Crippen LogP contribution in [-0.2, 0) is 0 Å². The number of carbonyl (C=O) groups is 2. The van der Waals surface area contributed by atoms with E-state index in [4.69, 9.17) is 19.4 Å². The summed E-state index contributed by atoms with van der Waals surface area (Å²) in [5.41, 5.74) is 7.78. The van der Waals surface area contributed by atoms with Crippen molar-refractivity contribution in [2.24, 2.45) is 0 Å². The maximum absolute atomic E-state index is 14.7. The maximum Gasteiger partial charge on any atom is 0.255 e. The largest absolute Gasteiger partial charge is 0.497 e. The van der Waals surface area contributed by atoms with Gasteiger partial charge in [-0.25, -0.2) is 9.97 Å². The van der Waals surface area contributed by atoms with E-state index in [0.717, 1.165) is 66.9 Å². The van der Waals surface area contributed by atoms with Crippen molar-refractivity contribution in [2.45, 2.75) is 39.8 Å². The topological polar surface area (TPSA) is 84.9 Å². The van der Waals surface area contributed by atoms with Gasteiger partial charge < -0.3 is 19.3 Å². The highest BCUT2D eigenvalue weighted by Gasteiger charge is 2.37. The van der Waals surface area contributed by atoms with Crippen molar-refractivity contribution in [3.8, 4) is 34.0 Å². The fourth-order valence-corrected chi connectivity index (χ4v) is 7.21. The number of para-hydroxylation sites is 2. The smallest absolute Gasteiger partial charge is 0.255 e. The van der Waals surface area contributed by atoms with Crippen LogP contribution in [0.3, 0.4) is 0 Å². The molecule has 8 nitrogen and oxygen atoms in total. The summed E-state index contributed by atoms with van der Waals surface area (Å²) in [4.78, 5) is 43.1. The fraction of sp³-hybridized carbons (Fsp3) is 0.238. The van der Waals surface area contributed by atoms with E-state index >= 15 is 0 Å². The van der Waals surface area contributed by atoms with Crippen molar-refractivity contribution in [2.75, 3.05) is 27.3 Å². The summed E-state index contributed by atoms with van der Waals surface area (Å²) < 4.78 is 10.7. The van der Waals surface area contributed by atoms with Crippen LogP contribution in [0.25, 0.3) is 44.3 Å². The Balaban J connectivity index is 1.23. The van der Waals surface area contributed by atoms with E-state index in [1.807, 2.05) is 135 Å². The van der Waals surface area contributed by atoms with Crippen LogP contribution in [0.4, 0.5) is 0 Å². The summed E-state index contributed by atoms with van der Waals surface area (Å²) in [5.74, 6) is 1.39. The number of methoxy groups -OCH3 is 2. The molecule has 0 N–H and O–H groups in total. The predicted octanol–water partition coefficient (Wildman–Crippen LogP) is 8.13. The van der Waals surface area contributed by atoms with Crippen LogP contribution in [0.15, 0.2) is 97.1 Å². The van der Waals surface area contributed by atoms with Crippen molar-refractivity contribution in [1.29, 1.82) is 0 Å². The van der Waals surface area contributed by atoms with E-state index in [1.165, 1.54) is 0 Å².